The summed E-state index contributed by atoms with van der Waals surface area (Å²) >= 11 is 0. The van der Waals surface area contributed by atoms with Gasteiger partial charge in [-0.3, -0.25) is 9.58 Å². The van der Waals surface area contributed by atoms with Crippen LogP contribution in [0.1, 0.15) is 23.1 Å². The third-order valence-electron chi connectivity index (χ3n) is 5.79. The van der Waals surface area contributed by atoms with E-state index >= 15 is 0 Å². The second kappa shape index (κ2) is 9.03. The molecule has 1 aromatic carbocycles. The molecule has 1 saturated heterocycles. The summed E-state index contributed by atoms with van der Waals surface area (Å²) in [6, 6.07) is 7.99. The summed E-state index contributed by atoms with van der Waals surface area (Å²) in [7, 11) is 7.55. The van der Waals surface area contributed by atoms with Gasteiger partial charge in [0.2, 0.25) is 5.95 Å². The van der Waals surface area contributed by atoms with Crippen LogP contribution in [0.5, 0.6) is 5.75 Å². The quantitative estimate of drug-likeness (QED) is 0.605. The van der Waals surface area contributed by atoms with Crippen molar-refractivity contribution in [2.45, 2.75) is 19.6 Å². The van der Waals surface area contributed by atoms with E-state index in [-0.39, 0.29) is 6.10 Å². The predicted octanol–water partition coefficient (Wildman–Crippen LogP) is 2.83. The van der Waals surface area contributed by atoms with Gasteiger partial charge in [0.15, 0.2) is 0 Å². The Labute approximate surface area is 183 Å². The van der Waals surface area contributed by atoms with Gasteiger partial charge >= 0.3 is 0 Å². The van der Waals surface area contributed by atoms with Crippen molar-refractivity contribution in [1.82, 2.24) is 24.6 Å². The van der Waals surface area contributed by atoms with Crippen LogP contribution in [0.4, 0.5) is 5.95 Å². The highest BCUT2D eigenvalue weighted by Gasteiger charge is 2.27. The SMILES string of the molecule is COc1ccc(-c2cnc(N(C)C)nc2[C@@H]2CN(Cc3cnn(C)c3C)CCO2)cc1. The highest BCUT2D eigenvalue weighted by molar-refractivity contribution is 5.67. The van der Waals surface area contributed by atoms with E-state index < -0.39 is 0 Å². The number of aryl methyl sites for hydroxylation is 1. The number of rotatable bonds is 6. The highest BCUT2D eigenvalue weighted by atomic mass is 16.5. The molecular formula is C23H30N6O2. The van der Waals surface area contributed by atoms with Gasteiger partial charge in [0.25, 0.3) is 0 Å². The topological polar surface area (TPSA) is 68.5 Å². The zero-order valence-electron chi connectivity index (χ0n) is 18.9. The zero-order valence-corrected chi connectivity index (χ0v) is 18.9. The van der Waals surface area contributed by atoms with Crippen LogP contribution in [0, 0.1) is 6.92 Å². The number of methoxy groups -OCH3 is 1. The van der Waals surface area contributed by atoms with Crippen molar-refractivity contribution in [3.05, 3.63) is 53.6 Å². The van der Waals surface area contributed by atoms with Crippen molar-refractivity contribution in [2.75, 3.05) is 45.8 Å². The average molecular weight is 423 g/mol. The summed E-state index contributed by atoms with van der Waals surface area (Å²) in [5, 5.41) is 4.38. The Morgan fingerprint density at radius 2 is 1.97 bits per heavy atom. The minimum Gasteiger partial charge on any atom is -0.497 e. The summed E-state index contributed by atoms with van der Waals surface area (Å²) < 4.78 is 13.4. The summed E-state index contributed by atoms with van der Waals surface area (Å²) in [4.78, 5) is 13.8. The van der Waals surface area contributed by atoms with Crippen LogP contribution in [-0.2, 0) is 18.3 Å². The van der Waals surface area contributed by atoms with Crippen LogP contribution in [0.25, 0.3) is 11.1 Å². The second-order valence-electron chi connectivity index (χ2n) is 8.07. The lowest BCUT2D eigenvalue weighted by atomic mass is 10.0. The Hall–Kier alpha value is -2.97. The summed E-state index contributed by atoms with van der Waals surface area (Å²) in [6.07, 6.45) is 3.72. The van der Waals surface area contributed by atoms with Crippen molar-refractivity contribution in [1.29, 1.82) is 0 Å². The molecule has 1 fully saturated rings. The zero-order chi connectivity index (χ0) is 22.0. The number of hydrogen-bond acceptors (Lipinski definition) is 7. The van der Waals surface area contributed by atoms with Crippen molar-refractivity contribution in [2.24, 2.45) is 7.05 Å². The fraction of sp³-hybridized carbons (Fsp3) is 0.435. The van der Waals surface area contributed by atoms with E-state index in [0.29, 0.717) is 12.6 Å². The van der Waals surface area contributed by atoms with Gasteiger partial charge in [0.05, 0.1) is 25.6 Å². The fourth-order valence-electron chi connectivity index (χ4n) is 3.79. The van der Waals surface area contributed by atoms with E-state index in [1.165, 1.54) is 11.3 Å². The van der Waals surface area contributed by atoms with Gasteiger partial charge in [-0.25, -0.2) is 9.97 Å². The summed E-state index contributed by atoms with van der Waals surface area (Å²) in [5.41, 5.74) is 5.38. The molecule has 0 radical (unpaired) electrons. The maximum absolute atomic E-state index is 6.21. The molecule has 0 N–H and O–H groups in total. The van der Waals surface area contributed by atoms with Gasteiger partial charge in [-0.15, -0.1) is 0 Å². The second-order valence-corrected chi connectivity index (χ2v) is 8.07. The molecule has 2 aromatic heterocycles. The number of morpholine rings is 1. The molecule has 1 aliphatic heterocycles. The molecule has 8 heteroatoms. The maximum Gasteiger partial charge on any atom is 0.225 e. The van der Waals surface area contributed by atoms with Crippen molar-refractivity contribution in [3.63, 3.8) is 0 Å². The van der Waals surface area contributed by atoms with E-state index in [0.717, 1.165) is 42.2 Å². The fourth-order valence-corrected chi connectivity index (χ4v) is 3.79. The summed E-state index contributed by atoms with van der Waals surface area (Å²) in [6.45, 7) is 5.27. The summed E-state index contributed by atoms with van der Waals surface area (Å²) in [5.74, 6) is 1.50. The Kier molecular flexibility index (Phi) is 6.20. The Balaban J connectivity index is 1.64. The number of hydrogen-bond donors (Lipinski definition) is 0. The van der Waals surface area contributed by atoms with Gasteiger partial charge in [0, 0.05) is 63.8 Å². The molecule has 1 aliphatic rings. The first kappa shape index (κ1) is 21.3. The molecule has 3 heterocycles. The van der Waals surface area contributed by atoms with Crippen molar-refractivity contribution in [3.8, 4) is 16.9 Å². The average Bonchev–Trinajstić information content (AvgIpc) is 3.11. The number of nitrogens with zero attached hydrogens (tertiary/aromatic N) is 6. The number of ether oxygens (including phenoxy) is 2. The van der Waals surface area contributed by atoms with Gasteiger partial charge in [0.1, 0.15) is 11.9 Å². The van der Waals surface area contributed by atoms with Crippen LogP contribution >= 0.6 is 0 Å². The standard InChI is InChI=1S/C23H30N6O2/c1-16-18(12-25-28(16)4)14-29-10-11-31-21(15-29)22-20(13-24-23(26-22)27(2)3)17-6-8-19(30-5)9-7-17/h6-9,12-13,21H,10-11,14-15H2,1-5H3/t21-/m0/s1. The van der Waals surface area contributed by atoms with Crippen LogP contribution < -0.4 is 9.64 Å². The van der Waals surface area contributed by atoms with Gasteiger partial charge in [-0.1, -0.05) is 12.1 Å². The van der Waals surface area contributed by atoms with Gasteiger partial charge in [-0.2, -0.15) is 5.10 Å². The van der Waals surface area contributed by atoms with Crippen molar-refractivity contribution >= 4 is 5.95 Å². The lowest BCUT2D eigenvalue weighted by Crippen LogP contribution is -2.38. The lowest BCUT2D eigenvalue weighted by molar-refractivity contribution is -0.0347. The smallest absolute Gasteiger partial charge is 0.225 e. The van der Waals surface area contributed by atoms with Crippen LogP contribution in [0.2, 0.25) is 0 Å². The number of anilines is 1. The van der Waals surface area contributed by atoms with Gasteiger partial charge in [-0.05, 0) is 24.6 Å². The number of benzene rings is 1. The third kappa shape index (κ3) is 4.55. The molecule has 3 aromatic rings. The molecule has 0 aliphatic carbocycles. The Morgan fingerprint density at radius 1 is 1.19 bits per heavy atom. The molecule has 0 unspecified atom stereocenters. The van der Waals surface area contributed by atoms with E-state index in [2.05, 4.69) is 21.9 Å². The van der Waals surface area contributed by atoms with Crippen molar-refractivity contribution < 1.29 is 9.47 Å². The van der Waals surface area contributed by atoms with E-state index in [1.54, 1.807) is 7.11 Å². The third-order valence-corrected chi connectivity index (χ3v) is 5.79. The molecular weight excluding hydrogens is 392 g/mol. The first-order valence-corrected chi connectivity index (χ1v) is 10.5. The van der Waals surface area contributed by atoms with E-state index in [4.69, 9.17) is 14.5 Å². The monoisotopic (exact) mass is 422 g/mol. The molecule has 8 nitrogen and oxygen atoms in total. The minimum absolute atomic E-state index is 0.135. The highest BCUT2D eigenvalue weighted by Crippen LogP contribution is 2.32. The molecule has 1 atom stereocenters. The van der Waals surface area contributed by atoms with E-state index in [1.807, 2.05) is 67.4 Å². The largest absolute Gasteiger partial charge is 0.497 e. The lowest BCUT2D eigenvalue weighted by Gasteiger charge is -2.33. The molecule has 164 valence electrons. The number of aromatic nitrogens is 4. The van der Waals surface area contributed by atoms with E-state index in [9.17, 15) is 0 Å². The molecule has 4 rings (SSSR count). The minimum atomic E-state index is -0.135. The van der Waals surface area contributed by atoms with Crippen LogP contribution in [0.3, 0.4) is 0 Å². The first-order valence-electron chi connectivity index (χ1n) is 10.5. The van der Waals surface area contributed by atoms with Crippen LogP contribution in [-0.4, -0.2) is 65.5 Å². The predicted molar refractivity (Wildman–Crippen MR) is 120 cm³/mol. The Bertz CT molecular complexity index is 1030. The van der Waals surface area contributed by atoms with Crippen LogP contribution in [0.15, 0.2) is 36.7 Å². The molecule has 31 heavy (non-hydrogen) atoms. The normalized spacial score (nSPS) is 17.0. The molecule has 0 amide bonds. The molecule has 0 saturated carbocycles. The first-order chi connectivity index (χ1) is 15.0. The maximum atomic E-state index is 6.21. The molecule has 0 spiro atoms. The Morgan fingerprint density at radius 3 is 2.61 bits per heavy atom. The molecule has 0 bridgehead atoms. The van der Waals surface area contributed by atoms with Gasteiger partial charge < -0.3 is 14.4 Å².